The Labute approximate surface area is 148 Å². The van der Waals surface area contributed by atoms with Crippen LogP contribution >= 0.6 is 0 Å². The zero-order valence-electron chi connectivity index (χ0n) is 14.2. The molecule has 2 aliphatic heterocycles. The van der Waals surface area contributed by atoms with Crippen molar-refractivity contribution < 1.29 is 13.2 Å². The summed E-state index contributed by atoms with van der Waals surface area (Å²) in [5.41, 5.74) is 2.25. The minimum absolute atomic E-state index is 0.349. The van der Waals surface area contributed by atoms with E-state index in [0.29, 0.717) is 45.3 Å². The number of aromatic nitrogens is 1. The van der Waals surface area contributed by atoms with Crippen molar-refractivity contribution in [1.82, 2.24) is 13.6 Å². The number of hydrogen-bond acceptors (Lipinski definition) is 4. The van der Waals surface area contributed by atoms with Gasteiger partial charge in [-0.3, -0.25) is 4.98 Å². The zero-order valence-corrected chi connectivity index (χ0v) is 15.0. The van der Waals surface area contributed by atoms with Crippen LogP contribution in [0, 0.1) is 5.92 Å². The molecule has 1 aromatic heterocycles. The van der Waals surface area contributed by atoms with Crippen molar-refractivity contribution in [2.75, 3.05) is 39.4 Å². The third kappa shape index (κ3) is 3.42. The Balaban J connectivity index is 1.47. The van der Waals surface area contributed by atoms with Crippen LogP contribution in [0.2, 0.25) is 0 Å². The maximum atomic E-state index is 12.8. The molecule has 134 valence electrons. The van der Waals surface area contributed by atoms with Gasteiger partial charge in [-0.15, -0.1) is 0 Å². The van der Waals surface area contributed by atoms with E-state index in [1.807, 2.05) is 24.4 Å². The first kappa shape index (κ1) is 16.9. The molecular formula is C18H23N3O3S. The van der Waals surface area contributed by atoms with Gasteiger partial charge in [0.15, 0.2) is 0 Å². The lowest BCUT2D eigenvalue weighted by Crippen LogP contribution is -2.47. The SMILES string of the molecule is O=S(=O)(N1CCOCC1)N1CC[C@@H](Cc2ccnc3ccccc23)C1. The summed E-state index contributed by atoms with van der Waals surface area (Å²) in [6.07, 6.45) is 3.63. The molecule has 0 spiro atoms. The molecule has 0 aliphatic carbocycles. The van der Waals surface area contributed by atoms with E-state index >= 15 is 0 Å². The number of hydrogen-bond donors (Lipinski definition) is 0. The first-order chi connectivity index (χ1) is 12.1. The van der Waals surface area contributed by atoms with Crippen molar-refractivity contribution >= 4 is 21.1 Å². The molecule has 2 saturated heterocycles. The molecule has 2 aliphatic rings. The first-order valence-corrected chi connectivity index (χ1v) is 10.2. The van der Waals surface area contributed by atoms with Gasteiger partial charge in [-0.1, -0.05) is 18.2 Å². The Morgan fingerprint density at radius 3 is 2.72 bits per heavy atom. The van der Waals surface area contributed by atoms with Crippen molar-refractivity contribution in [2.24, 2.45) is 5.92 Å². The highest BCUT2D eigenvalue weighted by Gasteiger charge is 2.36. The average molecular weight is 361 g/mol. The van der Waals surface area contributed by atoms with E-state index in [1.165, 1.54) is 10.9 Å². The Hall–Kier alpha value is -1.54. The summed E-state index contributed by atoms with van der Waals surface area (Å²) in [5, 5.41) is 1.17. The standard InChI is InChI=1S/C18H23N3O3S/c22-25(23,20-9-11-24-12-10-20)21-8-6-15(14-21)13-16-5-7-19-18-4-2-1-3-17(16)18/h1-5,7,15H,6,8-14H2/t15-/m0/s1. The minimum atomic E-state index is -3.36. The molecule has 4 rings (SSSR count). The van der Waals surface area contributed by atoms with Gasteiger partial charge in [0.25, 0.3) is 10.2 Å². The largest absolute Gasteiger partial charge is 0.379 e. The van der Waals surface area contributed by atoms with Crippen molar-refractivity contribution in [3.05, 3.63) is 42.1 Å². The molecule has 3 heterocycles. The van der Waals surface area contributed by atoms with Crippen molar-refractivity contribution in [2.45, 2.75) is 12.8 Å². The van der Waals surface area contributed by atoms with Crippen LogP contribution in [0.25, 0.3) is 10.9 Å². The van der Waals surface area contributed by atoms with Crippen LogP contribution < -0.4 is 0 Å². The van der Waals surface area contributed by atoms with E-state index in [4.69, 9.17) is 4.74 Å². The Kier molecular flexibility index (Phi) is 4.73. The second kappa shape index (κ2) is 6.99. The number of nitrogens with zero attached hydrogens (tertiary/aromatic N) is 3. The highest BCUT2D eigenvalue weighted by molar-refractivity contribution is 7.86. The van der Waals surface area contributed by atoms with Gasteiger partial charge in [0.2, 0.25) is 0 Å². The number of ether oxygens (including phenoxy) is 1. The summed E-state index contributed by atoms with van der Waals surface area (Å²) in [6.45, 7) is 3.08. The molecule has 6 nitrogen and oxygen atoms in total. The fraction of sp³-hybridized carbons (Fsp3) is 0.500. The Bertz CT molecular complexity index is 844. The lowest BCUT2D eigenvalue weighted by Gasteiger charge is -2.30. The van der Waals surface area contributed by atoms with Gasteiger partial charge < -0.3 is 4.74 Å². The lowest BCUT2D eigenvalue weighted by molar-refractivity contribution is 0.0705. The highest BCUT2D eigenvalue weighted by atomic mass is 32.2. The fourth-order valence-electron chi connectivity index (χ4n) is 3.76. The fourth-order valence-corrected chi connectivity index (χ4v) is 5.43. The summed E-state index contributed by atoms with van der Waals surface area (Å²) in [6, 6.07) is 10.2. The molecule has 7 heteroatoms. The Morgan fingerprint density at radius 1 is 1.08 bits per heavy atom. The van der Waals surface area contributed by atoms with Crippen molar-refractivity contribution in [3.8, 4) is 0 Å². The van der Waals surface area contributed by atoms with E-state index in [0.717, 1.165) is 18.4 Å². The normalized spacial score (nSPS) is 23.3. The van der Waals surface area contributed by atoms with Crippen LogP contribution in [-0.2, 0) is 21.4 Å². The molecule has 0 N–H and O–H groups in total. The summed E-state index contributed by atoms with van der Waals surface area (Å²) in [5.74, 6) is 0.349. The summed E-state index contributed by atoms with van der Waals surface area (Å²) < 4.78 is 34.0. The molecule has 2 fully saturated rings. The molecule has 1 atom stereocenters. The van der Waals surface area contributed by atoms with Gasteiger partial charge in [0.1, 0.15) is 0 Å². The van der Waals surface area contributed by atoms with Gasteiger partial charge in [-0.05, 0) is 36.5 Å². The van der Waals surface area contributed by atoms with Gasteiger partial charge in [-0.25, -0.2) is 0 Å². The number of fused-ring (bicyclic) bond motifs is 1. The number of morpholine rings is 1. The molecule has 25 heavy (non-hydrogen) atoms. The quantitative estimate of drug-likeness (QED) is 0.831. The van der Waals surface area contributed by atoms with Crippen LogP contribution in [0.5, 0.6) is 0 Å². The zero-order chi connectivity index (χ0) is 17.3. The molecule has 0 bridgehead atoms. The molecule has 0 unspecified atom stereocenters. The van der Waals surface area contributed by atoms with Gasteiger partial charge in [0, 0.05) is 37.8 Å². The van der Waals surface area contributed by atoms with Gasteiger partial charge in [-0.2, -0.15) is 17.0 Å². The van der Waals surface area contributed by atoms with Crippen LogP contribution in [0.1, 0.15) is 12.0 Å². The second-order valence-corrected chi connectivity index (χ2v) is 8.65. The van der Waals surface area contributed by atoms with Crippen LogP contribution in [0.3, 0.4) is 0 Å². The monoisotopic (exact) mass is 361 g/mol. The minimum Gasteiger partial charge on any atom is -0.379 e. The second-order valence-electron chi connectivity index (χ2n) is 6.72. The summed E-state index contributed by atoms with van der Waals surface area (Å²) >= 11 is 0. The van der Waals surface area contributed by atoms with E-state index in [-0.39, 0.29) is 0 Å². The summed E-state index contributed by atoms with van der Waals surface area (Å²) in [4.78, 5) is 4.41. The van der Waals surface area contributed by atoms with Crippen molar-refractivity contribution in [1.29, 1.82) is 0 Å². The maximum Gasteiger partial charge on any atom is 0.282 e. The molecule has 2 aromatic rings. The molecular weight excluding hydrogens is 338 g/mol. The molecule has 1 aromatic carbocycles. The van der Waals surface area contributed by atoms with Crippen molar-refractivity contribution in [3.63, 3.8) is 0 Å². The first-order valence-electron chi connectivity index (χ1n) is 8.80. The van der Waals surface area contributed by atoms with Gasteiger partial charge >= 0.3 is 0 Å². The topological polar surface area (TPSA) is 62.7 Å². The number of benzene rings is 1. The predicted molar refractivity (Wildman–Crippen MR) is 96.4 cm³/mol. The van der Waals surface area contributed by atoms with E-state index in [9.17, 15) is 8.42 Å². The highest BCUT2D eigenvalue weighted by Crippen LogP contribution is 2.27. The summed E-state index contributed by atoms with van der Waals surface area (Å²) in [7, 11) is -3.36. The van der Waals surface area contributed by atoms with Crippen LogP contribution in [0.15, 0.2) is 36.5 Å². The number of pyridine rings is 1. The number of rotatable bonds is 4. The average Bonchev–Trinajstić information content (AvgIpc) is 3.12. The molecule has 0 saturated carbocycles. The molecule has 0 radical (unpaired) electrons. The van der Waals surface area contributed by atoms with Gasteiger partial charge in [0.05, 0.1) is 18.7 Å². The molecule has 0 amide bonds. The smallest absolute Gasteiger partial charge is 0.282 e. The predicted octanol–water partition coefficient (Wildman–Crippen LogP) is 1.68. The van der Waals surface area contributed by atoms with E-state index < -0.39 is 10.2 Å². The third-order valence-electron chi connectivity index (χ3n) is 5.12. The van der Waals surface area contributed by atoms with E-state index in [1.54, 1.807) is 8.61 Å². The Morgan fingerprint density at radius 2 is 1.88 bits per heavy atom. The maximum absolute atomic E-state index is 12.8. The number of para-hydroxylation sites is 1. The van der Waals surface area contributed by atoms with Crippen LogP contribution in [-0.4, -0.2) is 61.4 Å². The van der Waals surface area contributed by atoms with Crippen LogP contribution in [0.4, 0.5) is 0 Å². The lowest BCUT2D eigenvalue weighted by atomic mass is 9.96. The third-order valence-corrected chi connectivity index (χ3v) is 7.12. The van der Waals surface area contributed by atoms with E-state index in [2.05, 4.69) is 17.1 Å².